The molecule has 14 heavy (non-hydrogen) atoms. The van der Waals surface area contributed by atoms with Crippen LogP contribution < -0.4 is 0 Å². The summed E-state index contributed by atoms with van der Waals surface area (Å²) in [5, 5.41) is 0. The molecule has 0 aromatic rings. The van der Waals surface area contributed by atoms with Gasteiger partial charge in [0.2, 0.25) is 0 Å². The van der Waals surface area contributed by atoms with E-state index in [1.165, 1.54) is 44.9 Å². The predicted octanol–water partition coefficient (Wildman–Crippen LogP) is 3.94. The summed E-state index contributed by atoms with van der Waals surface area (Å²) in [5.41, 5.74) is 0. The Labute approximate surface area is 89.2 Å². The fourth-order valence-electron chi connectivity index (χ4n) is 1.32. The predicted molar refractivity (Wildman–Crippen MR) is 61.7 cm³/mol. The summed E-state index contributed by atoms with van der Waals surface area (Å²) in [7, 11) is 0. The lowest BCUT2D eigenvalue weighted by Crippen LogP contribution is -1.80. The van der Waals surface area contributed by atoms with Gasteiger partial charge in [0.05, 0.1) is 0 Å². The maximum Gasteiger partial charge on any atom is 0.110 e. The highest BCUT2D eigenvalue weighted by Crippen LogP contribution is 2.07. The van der Waals surface area contributed by atoms with Gasteiger partial charge in [-0.1, -0.05) is 51.4 Å². The highest BCUT2D eigenvalue weighted by Gasteiger charge is 1.88. The minimum atomic E-state index is 0.448. The third-order valence-electron chi connectivity index (χ3n) is 2.15. The van der Waals surface area contributed by atoms with Gasteiger partial charge in [-0.15, -0.1) is 0 Å². The number of hydrogen-bond donors (Lipinski definition) is 0. The summed E-state index contributed by atoms with van der Waals surface area (Å²) in [6.07, 6.45) is 13.0. The zero-order chi connectivity index (χ0) is 10.5. The van der Waals surface area contributed by atoms with E-state index >= 15 is 0 Å². The fraction of sp³-hybridized carbons (Fsp3) is 0.769. The van der Waals surface area contributed by atoms with Crippen LogP contribution in [0.1, 0.15) is 58.3 Å². The first-order valence-corrected chi connectivity index (χ1v) is 5.80. The molecule has 0 aliphatic heterocycles. The van der Waals surface area contributed by atoms with E-state index in [0.717, 1.165) is 6.42 Å². The average molecular weight is 195 g/mol. The number of rotatable bonds is 8. The van der Waals surface area contributed by atoms with Crippen molar-refractivity contribution in [1.82, 2.24) is 0 Å². The molecule has 0 unspecified atom stereocenters. The van der Waals surface area contributed by atoms with Crippen LogP contribution in [0.15, 0.2) is 0 Å². The molecule has 0 N–H and O–H groups in total. The van der Waals surface area contributed by atoms with Crippen LogP contribution in [0.5, 0.6) is 0 Å². The second-order valence-electron chi connectivity index (χ2n) is 3.50. The van der Waals surface area contributed by atoms with Gasteiger partial charge in [0.1, 0.15) is 12.7 Å². The van der Waals surface area contributed by atoms with Gasteiger partial charge < -0.3 is 4.74 Å². The lowest BCUT2D eigenvalue weighted by molar-refractivity contribution is 0.318. The van der Waals surface area contributed by atoms with Crippen molar-refractivity contribution in [1.29, 1.82) is 0 Å². The molecule has 0 fully saturated rings. The van der Waals surface area contributed by atoms with E-state index in [1.54, 1.807) is 0 Å². The van der Waals surface area contributed by atoms with Crippen LogP contribution >= 0.6 is 0 Å². The molecule has 0 aliphatic rings. The standard InChI is InChI=1S/C13H23O/c1-3-5-6-7-8-9-10-11-12-13-14-4-2/h2-11H2,1H3. The first-order chi connectivity index (χ1) is 6.91. The number of unbranched alkanes of at least 4 members (excludes halogenated alkanes) is 7. The van der Waals surface area contributed by atoms with Crippen molar-refractivity contribution >= 4 is 0 Å². The van der Waals surface area contributed by atoms with E-state index in [1.807, 2.05) is 0 Å². The van der Waals surface area contributed by atoms with E-state index < -0.39 is 0 Å². The topological polar surface area (TPSA) is 9.23 Å². The normalized spacial score (nSPS) is 9.29. The molecular formula is C13H23O. The van der Waals surface area contributed by atoms with E-state index in [4.69, 9.17) is 4.74 Å². The van der Waals surface area contributed by atoms with Gasteiger partial charge in [-0.2, -0.15) is 0 Å². The Balaban J connectivity index is 2.96. The number of hydrogen-bond acceptors (Lipinski definition) is 1. The molecule has 0 saturated heterocycles. The van der Waals surface area contributed by atoms with E-state index in [2.05, 4.69) is 25.9 Å². The Kier molecular flexibility index (Phi) is 11.8. The van der Waals surface area contributed by atoms with Crippen molar-refractivity contribution in [3.05, 3.63) is 6.92 Å². The highest BCUT2D eigenvalue weighted by atomic mass is 16.5. The summed E-state index contributed by atoms with van der Waals surface area (Å²) in [6, 6.07) is 0. The van der Waals surface area contributed by atoms with Gasteiger partial charge in [-0.3, -0.25) is 0 Å². The molecule has 0 aromatic heterocycles. The zero-order valence-electron chi connectivity index (χ0n) is 9.48. The Morgan fingerprint density at radius 3 is 2.29 bits per heavy atom. The quantitative estimate of drug-likeness (QED) is 0.421. The maximum atomic E-state index is 4.82. The van der Waals surface area contributed by atoms with E-state index in [9.17, 15) is 0 Å². The van der Waals surface area contributed by atoms with Crippen LogP contribution in [0.4, 0.5) is 0 Å². The van der Waals surface area contributed by atoms with Crippen LogP contribution in [0.2, 0.25) is 0 Å². The Bertz CT molecular complexity index is 152. The second kappa shape index (κ2) is 12.4. The van der Waals surface area contributed by atoms with E-state index in [0.29, 0.717) is 6.61 Å². The molecule has 1 nitrogen and oxygen atoms in total. The van der Waals surface area contributed by atoms with Gasteiger partial charge in [0.15, 0.2) is 0 Å². The smallest absolute Gasteiger partial charge is 0.110 e. The summed E-state index contributed by atoms with van der Waals surface area (Å²) in [5.74, 6) is 2.98. The molecular weight excluding hydrogens is 172 g/mol. The third-order valence-corrected chi connectivity index (χ3v) is 2.15. The molecule has 0 heterocycles. The van der Waals surface area contributed by atoms with Crippen molar-refractivity contribution < 1.29 is 4.74 Å². The molecule has 0 spiro atoms. The van der Waals surface area contributed by atoms with Crippen molar-refractivity contribution in [2.45, 2.75) is 58.3 Å². The summed E-state index contributed by atoms with van der Waals surface area (Å²) >= 11 is 0. The molecule has 0 atom stereocenters. The Morgan fingerprint density at radius 1 is 1.00 bits per heavy atom. The van der Waals surface area contributed by atoms with Crippen molar-refractivity contribution in [3.63, 3.8) is 0 Å². The minimum Gasteiger partial charge on any atom is -0.447 e. The van der Waals surface area contributed by atoms with Crippen LogP contribution in [0.3, 0.4) is 0 Å². The van der Waals surface area contributed by atoms with Crippen LogP contribution in [-0.2, 0) is 4.74 Å². The van der Waals surface area contributed by atoms with Crippen molar-refractivity contribution in [2.24, 2.45) is 0 Å². The summed E-state index contributed by atoms with van der Waals surface area (Å²) < 4.78 is 4.82. The molecule has 1 heteroatoms. The first kappa shape index (κ1) is 13.4. The van der Waals surface area contributed by atoms with Crippen molar-refractivity contribution in [2.75, 3.05) is 6.61 Å². The zero-order valence-corrected chi connectivity index (χ0v) is 9.48. The Morgan fingerprint density at radius 2 is 1.64 bits per heavy atom. The molecule has 0 aliphatic carbocycles. The highest BCUT2D eigenvalue weighted by molar-refractivity contribution is 4.91. The van der Waals surface area contributed by atoms with Crippen LogP contribution in [0.25, 0.3) is 0 Å². The Hall–Kier alpha value is -0.640. The molecule has 0 saturated carbocycles. The SMILES string of the molecule is [CH2]COC#CCCCCCCCCC. The van der Waals surface area contributed by atoms with Gasteiger partial charge in [-0.25, -0.2) is 0 Å². The summed E-state index contributed by atoms with van der Waals surface area (Å²) in [6.45, 7) is 6.23. The monoisotopic (exact) mass is 195 g/mol. The minimum absolute atomic E-state index is 0.448. The summed E-state index contributed by atoms with van der Waals surface area (Å²) in [4.78, 5) is 0. The van der Waals surface area contributed by atoms with Crippen molar-refractivity contribution in [3.8, 4) is 12.0 Å². The number of ether oxygens (including phenoxy) is 1. The van der Waals surface area contributed by atoms with Gasteiger partial charge >= 0.3 is 0 Å². The average Bonchev–Trinajstić information content (AvgIpc) is 2.21. The van der Waals surface area contributed by atoms with Crippen LogP contribution in [-0.4, -0.2) is 6.61 Å². The van der Waals surface area contributed by atoms with Gasteiger partial charge in [-0.05, 0) is 13.3 Å². The first-order valence-electron chi connectivity index (χ1n) is 5.80. The molecule has 0 aromatic carbocycles. The van der Waals surface area contributed by atoms with Gasteiger partial charge in [0.25, 0.3) is 0 Å². The lowest BCUT2D eigenvalue weighted by Gasteiger charge is -1.97. The van der Waals surface area contributed by atoms with E-state index in [-0.39, 0.29) is 0 Å². The van der Waals surface area contributed by atoms with Gasteiger partial charge in [0, 0.05) is 6.42 Å². The molecule has 0 bridgehead atoms. The molecule has 81 valence electrons. The lowest BCUT2D eigenvalue weighted by atomic mass is 10.1. The molecule has 1 radical (unpaired) electrons. The third kappa shape index (κ3) is 11.4. The largest absolute Gasteiger partial charge is 0.447 e. The fourth-order valence-corrected chi connectivity index (χ4v) is 1.32. The maximum absolute atomic E-state index is 4.82. The second-order valence-corrected chi connectivity index (χ2v) is 3.50. The van der Waals surface area contributed by atoms with Crippen LogP contribution in [0, 0.1) is 19.0 Å². The molecule has 0 rings (SSSR count). The molecule has 0 amide bonds.